The first-order valence-corrected chi connectivity index (χ1v) is 6.61. The van der Waals surface area contributed by atoms with Gasteiger partial charge in [0.05, 0.1) is 10.5 Å². The monoisotopic (exact) mass is 286 g/mol. The maximum absolute atomic E-state index is 11.0. The summed E-state index contributed by atoms with van der Waals surface area (Å²) in [5.74, 6) is 1.73. The van der Waals surface area contributed by atoms with E-state index in [9.17, 15) is 10.1 Å². The topological polar surface area (TPSA) is 104 Å². The number of ether oxygens (including phenoxy) is 1. The summed E-state index contributed by atoms with van der Waals surface area (Å²) in [6, 6.07) is 6.18. The number of rotatable bonds is 4. The van der Waals surface area contributed by atoms with Gasteiger partial charge in [-0.25, -0.2) is 4.98 Å². The first kappa shape index (κ1) is 13.3. The number of nitrogens with zero attached hydrogens (tertiary/aromatic N) is 3. The standard InChI is InChI=1S/C14H14N4O3/c1-8-12(15)16-13(9-6-7-9)17-14(8)21-11-5-3-2-4-10(11)18(19)20/h2-5,9H,6-7H2,1H3,(H2,15,16,17). The maximum atomic E-state index is 11.0. The Kier molecular flexibility index (Phi) is 3.17. The van der Waals surface area contributed by atoms with Crippen LogP contribution in [0.5, 0.6) is 11.6 Å². The number of aromatic nitrogens is 2. The van der Waals surface area contributed by atoms with Crippen LogP contribution in [0.25, 0.3) is 0 Å². The summed E-state index contributed by atoms with van der Waals surface area (Å²) in [6.45, 7) is 1.73. The van der Waals surface area contributed by atoms with E-state index in [0.29, 0.717) is 23.1 Å². The van der Waals surface area contributed by atoms with Gasteiger partial charge in [-0.15, -0.1) is 0 Å². The molecule has 1 aromatic carbocycles. The Hall–Kier alpha value is -2.70. The molecule has 0 aliphatic heterocycles. The third-order valence-electron chi connectivity index (χ3n) is 3.37. The molecule has 3 rings (SSSR count). The SMILES string of the molecule is Cc1c(N)nc(C2CC2)nc1Oc1ccccc1[N+](=O)[O-]. The summed E-state index contributed by atoms with van der Waals surface area (Å²) >= 11 is 0. The van der Waals surface area contributed by atoms with Gasteiger partial charge in [0, 0.05) is 12.0 Å². The second kappa shape index (κ2) is 5.01. The van der Waals surface area contributed by atoms with E-state index in [1.807, 2.05) is 0 Å². The van der Waals surface area contributed by atoms with Crippen molar-refractivity contribution in [1.29, 1.82) is 0 Å². The Labute approximate surface area is 120 Å². The van der Waals surface area contributed by atoms with E-state index in [1.165, 1.54) is 12.1 Å². The molecule has 21 heavy (non-hydrogen) atoms. The van der Waals surface area contributed by atoms with Gasteiger partial charge in [-0.1, -0.05) is 12.1 Å². The zero-order chi connectivity index (χ0) is 15.0. The van der Waals surface area contributed by atoms with Crippen molar-refractivity contribution < 1.29 is 9.66 Å². The predicted octanol–water partition coefficient (Wildman–Crippen LogP) is 2.95. The molecule has 1 heterocycles. The minimum atomic E-state index is -0.489. The molecular weight excluding hydrogens is 272 g/mol. The summed E-state index contributed by atoms with van der Waals surface area (Å²) in [5, 5.41) is 11.0. The van der Waals surface area contributed by atoms with Gasteiger partial charge in [0.2, 0.25) is 11.6 Å². The third kappa shape index (κ3) is 2.62. The van der Waals surface area contributed by atoms with Gasteiger partial charge in [0.1, 0.15) is 11.6 Å². The second-order valence-electron chi connectivity index (χ2n) is 5.00. The molecule has 7 nitrogen and oxygen atoms in total. The molecule has 0 saturated heterocycles. The first-order chi connectivity index (χ1) is 10.1. The van der Waals surface area contributed by atoms with Crippen molar-refractivity contribution in [3.63, 3.8) is 0 Å². The van der Waals surface area contributed by atoms with Crippen LogP contribution in [-0.2, 0) is 0 Å². The van der Waals surface area contributed by atoms with Gasteiger partial charge in [-0.05, 0) is 25.8 Å². The number of hydrogen-bond donors (Lipinski definition) is 1. The van der Waals surface area contributed by atoms with E-state index in [0.717, 1.165) is 12.8 Å². The van der Waals surface area contributed by atoms with Crippen molar-refractivity contribution in [2.45, 2.75) is 25.7 Å². The second-order valence-corrected chi connectivity index (χ2v) is 5.00. The van der Waals surface area contributed by atoms with Crippen LogP contribution in [0.15, 0.2) is 24.3 Å². The molecule has 2 N–H and O–H groups in total. The molecule has 0 amide bonds. The minimum Gasteiger partial charge on any atom is -0.431 e. The highest BCUT2D eigenvalue weighted by Gasteiger charge is 2.28. The fraction of sp³-hybridized carbons (Fsp3) is 0.286. The fourth-order valence-corrected chi connectivity index (χ4v) is 1.95. The van der Waals surface area contributed by atoms with E-state index in [4.69, 9.17) is 10.5 Å². The Balaban J connectivity index is 2.00. The average molecular weight is 286 g/mol. The minimum absolute atomic E-state index is 0.109. The molecule has 0 atom stereocenters. The number of para-hydroxylation sites is 2. The first-order valence-electron chi connectivity index (χ1n) is 6.61. The van der Waals surface area contributed by atoms with Crippen molar-refractivity contribution in [3.8, 4) is 11.6 Å². The molecule has 7 heteroatoms. The zero-order valence-electron chi connectivity index (χ0n) is 11.4. The van der Waals surface area contributed by atoms with Gasteiger partial charge >= 0.3 is 5.69 Å². The molecule has 108 valence electrons. The van der Waals surface area contributed by atoms with Gasteiger partial charge in [0.25, 0.3) is 0 Å². The van der Waals surface area contributed by atoms with Gasteiger partial charge in [0.15, 0.2) is 0 Å². The molecule has 0 unspecified atom stereocenters. The number of nitro benzene ring substituents is 1. The highest BCUT2D eigenvalue weighted by Crippen LogP contribution is 2.40. The molecule has 1 aliphatic rings. The quantitative estimate of drug-likeness (QED) is 0.684. The van der Waals surface area contributed by atoms with Crippen molar-refractivity contribution in [3.05, 3.63) is 45.8 Å². The van der Waals surface area contributed by atoms with Crippen molar-refractivity contribution in [2.24, 2.45) is 0 Å². The van der Waals surface area contributed by atoms with Crippen LogP contribution in [0.4, 0.5) is 11.5 Å². The summed E-state index contributed by atoms with van der Waals surface area (Å²) in [6.07, 6.45) is 2.07. The largest absolute Gasteiger partial charge is 0.431 e. The number of anilines is 1. The molecule has 0 spiro atoms. The molecule has 1 saturated carbocycles. The lowest BCUT2D eigenvalue weighted by atomic mass is 10.3. The molecular formula is C14H14N4O3. The van der Waals surface area contributed by atoms with E-state index in [-0.39, 0.29) is 17.3 Å². The molecule has 0 radical (unpaired) electrons. The molecule has 0 bridgehead atoms. The van der Waals surface area contributed by atoms with E-state index < -0.39 is 4.92 Å². The van der Waals surface area contributed by atoms with E-state index in [2.05, 4.69) is 9.97 Å². The summed E-state index contributed by atoms with van der Waals surface area (Å²) < 4.78 is 5.63. The summed E-state index contributed by atoms with van der Waals surface area (Å²) in [7, 11) is 0. The normalized spacial score (nSPS) is 14.0. The Morgan fingerprint density at radius 3 is 2.71 bits per heavy atom. The molecule has 1 fully saturated rings. The predicted molar refractivity (Wildman–Crippen MR) is 76.3 cm³/mol. The van der Waals surface area contributed by atoms with Crippen LogP contribution in [0.3, 0.4) is 0 Å². The van der Waals surface area contributed by atoms with Crippen molar-refractivity contribution in [1.82, 2.24) is 9.97 Å². The lowest BCUT2D eigenvalue weighted by Gasteiger charge is -2.10. The smallest absolute Gasteiger partial charge is 0.311 e. The zero-order valence-corrected chi connectivity index (χ0v) is 11.4. The van der Waals surface area contributed by atoms with Crippen LogP contribution < -0.4 is 10.5 Å². The number of nitro groups is 1. The van der Waals surface area contributed by atoms with Crippen LogP contribution in [0, 0.1) is 17.0 Å². The Morgan fingerprint density at radius 2 is 2.05 bits per heavy atom. The highest BCUT2D eigenvalue weighted by atomic mass is 16.6. The maximum Gasteiger partial charge on any atom is 0.311 e. The van der Waals surface area contributed by atoms with Crippen LogP contribution in [0.1, 0.15) is 30.1 Å². The summed E-state index contributed by atoms with van der Waals surface area (Å²) in [4.78, 5) is 19.1. The Morgan fingerprint density at radius 1 is 1.33 bits per heavy atom. The van der Waals surface area contributed by atoms with Gasteiger partial charge < -0.3 is 10.5 Å². The molecule has 1 aromatic heterocycles. The molecule has 2 aromatic rings. The van der Waals surface area contributed by atoms with Gasteiger partial charge in [-0.3, -0.25) is 10.1 Å². The fourth-order valence-electron chi connectivity index (χ4n) is 1.95. The Bertz CT molecular complexity index is 713. The van der Waals surface area contributed by atoms with Crippen LogP contribution in [-0.4, -0.2) is 14.9 Å². The van der Waals surface area contributed by atoms with Crippen LogP contribution in [0.2, 0.25) is 0 Å². The van der Waals surface area contributed by atoms with Crippen molar-refractivity contribution >= 4 is 11.5 Å². The van der Waals surface area contributed by atoms with Crippen LogP contribution >= 0.6 is 0 Å². The summed E-state index contributed by atoms with van der Waals surface area (Å²) in [5.41, 5.74) is 6.35. The number of nitrogen functional groups attached to an aromatic ring is 1. The van der Waals surface area contributed by atoms with E-state index in [1.54, 1.807) is 19.1 Å². The lowest BCUT2D eigenvalue weighted by molar-refractivity contribution is -0.385. The highest BCUT2D eigenvalue weighted by molar-refractivity contribution is 5.51. The number of hydrogen-bond acceptors (Lipinski definition) is 6. The average Bonchev–Trinajstić information content (AvgIpc) is 3.28. The number of nitrogens with two attached hydrogens (primary N) is 1. The van der Waals surface area contributed by atoms with Crippen molar-refractivity contribution in [2.75, 3.05) is 5.73 Å². The van der Waals surface area contributed by atoms with E-state index >= 15 is 0 Å². The molecule has 1 aliphatic carbocycles. The third-order valence-corrected chi connectivity index (χ3v) is 3.37. The number of benzene rings is 1. The lowest BCUT2D eigenvalue weighted by Crippen LogP contribution is -2.05. The van der Waals surface area contributed by atoms with Gasteiger partial charge in [-0.2, -0.15) is 4.98 Å².